The van der Waals surface area contributed by atoms with Gasteiger partial charge in [-0.2, -0.15) is 10.5 Å². The number of ether oxygens (including phenoxy) is 5. The van der Waals surface area contributed by atoms with Crippen molar-refractivity contribution in [1.82, 2.24) is 0 Å². The molecule has 0 amide bonds. The summed E-state index contributed by atoms with van der Waals surface area (Å²) < 4.78 is 27.4. The topological polar surface area (TPSA) is 156 Å². The zero-order valence-corrected chi connectivity index (χ0v) is 29.4. The van der Waals surface area contributed by atoms with Crippen LogP contribution in [0.25, 0.3) is 0 Å². The van der Waals surface area contributed by atoms with Crippen molar-refractivity contribution < 1.29 is 33.3 Å². The number of thiophene rings is 1. The molecule has 12 nitrogen and oxygen atoms in total. The molecule has 0 spiro atoms. The number of nitriles is 2. The number of hydrogen-bond acceptors (Lipinski definition) is 13. The average molecular weight is 684 g/mol. The third-order valence-corrected chi connectivity index (χ3v) is 8.31. The van der Waals surface area contributed by atoms with E-state index >= 15 is 0 Å². The van der Waals surface area contributed by atoms with Crippen molar-refractivity contribution >= 4 is 40.0 Å². The zero-order valence-electron chi connectivity index (χ0n) is 28.5. The number of esters is 1. The maximum absolute atomic E-state index is 11.4. The standard InChI is InChI=1S/C35H49N5O7S/c1-4-5-6-8-13-40(30-11-12-32(28(2)25-30)38-39-35-31(26-36)29(3)33(27-37)48-35)14-16-43-17-18-44-19-20-45-21-22-46-23-24-47-34(42)10-7-9-15-41/h11-12,15,25H,4-10,13-14,16-24H2,1-3H3. The number of hydrogen-bond donors (Lipinski definition) is 0. The second-order valence-electron chi connectivity index (χ2n) is 10.9. The Bertz CT molecular complexity index is 1350. The van der Waals surface area contributed by atoms with E-state index in [0.29, 0.717) is 92.4 Å². The molecule has 262 valence electrons. The summed E-state index contributed by atoms with van der Waals surface area (Å²) >= 11 is 1.18. The Morgan fingerprint density at radius 1 is 0.854 bits per heavy atom. The van der Waals surface area contributed by atoms with Crippen LogP contribution in [0.15, 0.2) is 28.4 Å². The molecule has 0 aliphatic heterocycles. The fraction of sp³-hybridized carbons (Fsp3) is 0.600. The van der Waals surface area contributed by atoms with Gasteiger partial charge in [-0.15, -0.1) is 21.6 Å². The molecule has 0 atom stereocenters. The highest BCUT2D eigenvalue weighted by atomic mass is 32.1. The largest absolute Gasteiger partial charge is 0.463 e. The molecule has 0 fully saturated rings. The van der Waals surface area contributed by atoms with E-state index in [4.69, 9.17) is 23.7 Å². The molecule has 0 unspecified atom stereocenters. The van der Waals surface area contributed by atoms with Crippen LogP contribution < -0.4 is 4.90 Å². The van der Waals surface area contributed by atoms with Crippen molar-refractivity contribution in [2.75, 3.05) is 77.5 Å². The third kappa shape index (κ3) is 15.9. The first-order valence-electron chi connectivity index (χ1n) is 16.6. The lowest BCUT2D eigenvalue weighted by molar-refractivity contribution is -0.145. The molecule has 0 aliphatic carbocycles. The summed E-state index contributed by atoms with van der Waals surface area (Å²) in [6.45, 7) is 11.3. The summed E-state index contributed by atoms with van der Waals surface area (Å²) in [6.07, 6.45) is 6.55. The van der Waals surface area contributed by atoms with Crippen LogP contribution in [0.4, 0.5) is 16.4 Å². The van der Waals surface area contributed by atoms with Gasteiger partial charge < -0.3 is 33.4 Å². The highest BCUT2D eigenvalue weighted by molar-refractivity contribution is 7.16. The molecule has 0 aliphatic rings. The fourth-order valence-electron chi connectivity index (χ4n) is 4.51. The van der Waals surface area contributed by atoms with Gasteiger partial charge in [-0.25, -0.2) is 0 Å². The van der Waals surface area contributed by atoms with E-state index in [0.717, 1.165) is 37.0 Å². The van der Waals surface area contributed by atoms with Crippen LogP contribution in [-0.2, 0) is 33.3 Å². The van der Waals surface area contributed by atoms with Gasteiger partial charge in [0.25, 0.3) is 0 Å². The van der Waals surface area contributed by atoms with Crippen LogP contribution in [0.5, 0.6) is 0 Å². The number of aryl methyl sites for hydroxylation is 1. The Kier molecular flexibility index (Phi) is 21.3. The highest BCUT2D eigenvalue weighted by Gasteiger charge is 2.15. The number of aldehydes is 1. The molecule has 0 radical (unpaired) electrons. The number of carbonyl (C=O) groups excluding carboxylic acids is 2. The van der Waals surface area contributed by atoms with E-state index in [2.05, 4.69) is 40.3 Å². The normalized spacial score (nSPS) is 11.0. The van der Waals surface area contributed by atoms with Crippen LogP contribution in [-0.4, -0.2) is 84.8 Å². The number of carbonyl (C=O) groups is 2. The smallest absolute Gasteiger partial charge is 0.305 e. The van der Waals surface area contributed by atoms with E-state index in [1.54, 1.807) is 6.92 Å². The van der Waals surface area contributed by atoms with Crippen LogP contribution in [0.2, 0.25) is 0 Å². The van der Waals surface area contributed by atoms with Gasteiger partial charge in [-0.1, -0.05) is 26.2 Å². The van der Waals surface area contributed by atoms with E-state index in [1.807, 2.05) is 19.1 Å². The summed E-state index contributed by atoms with van der Waals surface area (Å²) in [4.78, 5) is 24.5. The number of rotatable bonds is 27. The van der Waals surface area contributed by atoms with Crippen LogP contribution in [0, 0.1) is 36.5 Å². The van der Waals surface area contributed by atoms with E-state index < -0.39 is 0 Å². The van der Waals surface area contributed by atoms with E-state index in [9.17, 15) is 20.1 Å². The van der Waals surface area contributed by atoms with E-state index in [-0.39, 0.29) is 19.0 Å². The number of azo groups is 1. The number of benzene rings is 1. The molecule has 2 rings (SSSR count). The second-order valence-corrected chi connectivity index (χ2v) is 11.9. The Labute approximate surface area is 288 Å². The predicted molar refractivity (Wildman–Crippen MR) is 184 cm³/mol. The van der Waals surface area contributed by atoms with Gasteiger partial charge in [-0.3, -0.25) is 4.79 Å². The van der Waals surface area contributed by atoms with Gasteiger partial charge in [0.15, 0.2) is 5.00 Å². The van der Waals surface area contributed by atoms with Crippen molar-refractivity contribution in [3.8, 4) is 12.1 Å². The monoisotopic (exact) mass is 683 g/mol. The maximum atomic E-state index is 11.4. The van der Waals surface area contributed by atoms with Gasteiger partial charge in [-0.05, 0) is 56.0 Å². The Balaban J connectivity index is 1.68. The first-order chi connectivity index (χ1) is 23.4. The number of anilines is 1. The van der Waals surface area contributed by atoms with Crippen molar-refractivity contribution in [3.63, 3.8) is 0 Å². The summed E-state index contributed by atoms with van der Waals surface area (Å²) in [5.41, 5.74) is 3.81. The molecule has 0 saturated heterocycles. The van der Waals surface area contributed by atoms with Gasteiger partial charge in [0.05, 0.1) is 64.1 Å². The van der Waals surface area contributed by atoms with Crippen molar-refractivity contribution in [3.05, 3.63) is 39.8 Å². The SMILES string of the molecule is CCCCCCN(CCOCCOCCOCCOCCOC(=O)CCCC=O)c1ccc(N=Nc2sc(C#N)c(C)c2C#N)c(C)c1. The Morgan fingerprint density at radius 2 is 1.52 bits per heavy atom. The molecule has 0 N–H and O–H groups in total. The molecule has 0 bridgehead atoms. The first kappa shape index (κ1) is 40.5. The fourth-order valence-corrected chi connectivity index (χ4v) is 5.38. The number of unbranched alkanes of at least 4 members (excludes halogenated alkanes) is 4. The van der Waals surface area contributed by atoms with Gasteiger partial charge >= 0.3 is 5.97 Å². The third-order valence-electron chi connectivity index (χ3n) is 7.23. The molecular formula is C35H49N5O7S. The van der Waals surface area contributed by atoms with Crippen LogP contribution >= 0.6 is 11.3 Å². The Morgan fingerprint density at radius 3 is 2.12 bits per heavy atom. The summed E-state index contributed by atoms with van der Waals surface area (Å²) in [6, 6.07) is 10.3. The van der Waals surface area contributed by atoms with Gasteiger partial charge in [0.2, 0.25) is 0 Å². The molecular weight excluding hydrogens is 634 g/mol. The van der Waals surface area contributed by atoms with Crippen molar-refractivity contribution in [1.29, 1.82) is 10.5 Å². The molecule has 13 heteroatoms. The van der Waals surface area contributed by atoms with Gasteiger partial charge in [0.1, 0.15) is 29.9 Å². The quantitative estimate of drug-likeness (QED) is 0.0421. The van der Waals surface area contributed by atoms with Gasteiger partial charge in [0, 0.05) is 31.6 Å². The van der Waals surface area contributed by atoms with Crippen molar-refractivity contribution in [2.24, 2.45) is 10.2 Å². The minimum absolute atomic E-state index is 0.187. The molecule has 2 aromatic rings. The summed E-state index contributed by atoms with van der Waals surface area (Å²) in [5.74, 6) is -0.321. The van der Waals surface area contributed by atoms with E-state index in [1.165, 1.54) is 30.6 Å². The molecule has 1 aromatic heterocycles. The molecule has 1 aromatic carbocycles. The summed E-state index contributed by atoms with van der Waals surface area (Å²) in [7, 11) is 0. The lowest BCUT2D eigenvalue weighted by Crippen LogP contribution is -2.29. The maximum Gasteiger partial charge on any atom is 0.305 e. The predicted octanol–water partition coefficient (Wildman–Crippen LogP) is 6.89. The molecule has 0 saturated carbocycles. The average Bonchev–Trinajstić information content (AvgIpc) is 3.40. The summed E-state index contributed by atoms with van der Waals surface area (Å²) in [5, 5.41) is 27.9. The Hall–Kier alpha value is -3.72. The van der Waals surface area contributed by atoms with Crippen molar-refractivity contribution in [2.45, 2.75) is 65.7 Å². The minimum Gasteiger partial charge on any atom is -0.463 e. The first-order valence-corrected chi connectivity index (χ1v) is 17.4. The molecule has 48 heavy (non-hydrogen) atoms. The lowest BCUT2D eigenvalue weighted by Gasteiger charge is -2.25. The second kappa shape index (κ2) is 25.3. The zero-order chi connectivity index (χ0) is 34.8. The number of nitrogens with zero attached hydrogens (tertiary/aromatic N) is 5. The molecule has 1 heterocycles. The van der Waals surface area contributed by atoms with Crippen LogP contribution in [0.3, 0.4) is 0 Å². The van der Waals surface area contributed by atoms with Crippen LogP contribution in [0.1, 0.15) is 73.4 Å². The minimum atomic E-state index is -0.321. The lowest BCUT2D eigenvalue weighted by atomic mass is 10.1. The highest BCUT2D eigenvalue weighted by Crippen LogP contribution is 2.36.